The van der Waals surface area contributed by atoms with Crippen molar-refractivity contribution in [3.8, 4) is 12.3 Å². The van der Waals surface area contributed by atoms with Crippen LogP contribution in [0.1, 0.15) is 6.92 Å². The van der Waals surface area contributed by atoms with Gasteiger partial charge in [-0.1, -0.05) is 12.8 Å². The highest BCUT2D eigenvalue weighted by atomic mass is 35.5. The maximum atomic E-state index is 11.4. The summed E-state index contributed by atoms with van der Waals surface area (Å²) in [6.07, 6.45) is 5.06. The van der Waals surface area contributed by atoms with E-state index >= 15 is 0 Å². The predicted octanol–water partition coefficient (Wildman–Crippen LogP) is 1.15. The lowest BCUT2D eigenvalue weighted by atomic mass is 10.3. The second kappa shape index (κ2) is 8.28. The molecule has 0 saturated carbocycles. The van der Waals surface area contributed by atoms with Crippen LogP contribution in [0, 0.1) is 18.3 Å². The van der Waals surface area contributed by atoms with Gasteiger partial charge in [-0.25, -0.2) is 13.1 Å². The SMILES string of the molecule is C#CCSCCNS(=O)(=O)CC(C)CCl. The first kappa shape index (κ1) is 15.1. The third-order valence-electron chi connectivity index (χ3n) is 1.52. The van der Waals surface area contributed by atoms with Crippen molar-refractivity contribution in [1.29, 1.82) is 0 Å². The van der Waals surface area contributed by atoms with Crippen molar-refractivity contribution in [2.24, 2.45) is 5.92 Å². The summed E-state index contributed by atoms with van der Waals surface area (Å²) >= 11 is 7.07. The van der Waals surface area contributed by atoms with Gasteiger partial charge in [0.15, 0.2) is 0 Å². The molecule has 0 amide bonds. The Morgan fingerprint density at radius 3 is 2.80 bits per heavy atom. The standard InChI is InChI=1S/C9H16ClNO2S2/c1-3-5-14-6-4-11-15(12,13)8-9(2)7-10/h1,9,11H,4-8H2,2H3. The maximum absolute atomic E-state index is 11.4. The number of rotatable bonds is 8. The topological polar surface area (TPSA) is 46.2 Å². The molecule has 3 nitrogen and oxygen atoms in total. The van der Waals surface area contributed by atoms with Crippen molar-refractivity contribution in [2.45, 2.75) is 6.92 Å². The van der Waals surface area contributed by atoms with Gasteiger partial charge in [-0.05, 0) is 5.92 Å². The number of thioether (sulfide) groups is 1. The van der Waals surface area contributed by atoms with Crippen molar-refractivity contribution in [2.75, 3.05) is 29.7 Å². The molecule has 0 rings (SSSR count). The Hall–Kier alpha value is 0.110. The third kappa shape index (κ3) is 9.06. The van der Waals surface area contributed by atoms with Crippen molar-refractivity contribution >= 4 is 33.4 Å². The zero-order valence-corrected chi connectivity index (χ0v) is 11.1. The average Bonchev–Trinajstić information content (AvgIpc) is 2.16. The minimum Gasteiger partial charge on any atom is -0.214 e. The van der Waals surface area contributed by atoms with Gasteiger partial charge in [0, 0.05) is 18.2 Å². The summed E-state index contributed by atoms with van der Waals surface area (Å²) in [4.78, 5) is 0. The van der Waals surface area contributed by atoms with E-state index in [0.29, 0.717) is 23.9 Å². The fourth-order valence-corrected chi connectivity index (χ4v) is 3.15. The minimum absolute atomic E-state index is 0.0254. The Kier molecular flexibility index (Phi) is 8.34. The normalized spacial score (nSPS) is 13.4. The van der Waals surface area contributed by atoms with E-state index in [4.69, 9.17) is 18.0 Å². The lowest BCUT2D eigenvalue weighted by Gasteiger charge is -2.09. The molecular formula is C9H16ClNO2S2. The largest absolute Gasteiger partial charge is 0.214 e. The highest BCUT2D eigenvalue weighted by Gasteiger charge is 2.13. The van der Waals surface area contributed by atoms with Crippen LogP contribution in [0.5, 0.6) is 0 Å². The van der Waals surface area contributed by atoms with E-state index in [1.165, 1.54) is 11.8 Å². The summed E-state index contributed by atoms with van der Waals surface area (Å²) < 4.78 is 25.3. The summed E-state index contributed by atoms with van der Waals surface area (Å²) in [5.74, 6) is 4.19. The van der Waals surface area contributed by atoms with Gasteiger partial charge in [0.1, 0.15) is 0 Å². The van der Waals surface area contributed by atoms with E-state index in [1.807, 2.05) is 0 Å². The molecular weight excluding hydrogens is 254 g/mol. The van der Waals surface area contributed by atoms with E-state index in [0.717, 1.165) is 0 Å². The summed E-state index contributed by atoms with van der Waals surface area (Å²) in [7, 11) is -3.18. The van der Waals surface area contributed by atoms with Crippen molar-refractivity contribution in [1.82, 2.24) is 4.72 Å². The number of halogens is 1. The molecule has 88 valence electrons. The summed E-state index contributed by atoms with van der Waals surface area (Å²) in [6.45, 7) is 2.23. The monoisotopic (exact) mass is 269 g/mol. The van der Waals surface area contributed by atoms with Gasteiger partial charge < -0.3 is 0 Å². The Morgan fingerprint density at radius 1 is 1.60 bits per heavy atom. The summed E-state index contributed by atoms with van der Waals surface area (Å²) in [5.41, 5.74) is 0. The number of nitrogens with one attached hydrogen (secondary N) is 1. The molecule has 0 aliphatic heterocycles. The zero-order chi connectivity index (χ0) is 11.7. The third-order valence-corrected chi connectivity index (χ3v) is 4.56. The van der Waals surface area contributed by atoms with E-state index in [1.54, 1.807) is 6.92 Å². The first-order chi connectivity index (χ1) is 7.02. The van der Waals surface area contributed by atoms with E-state index in [2.05, 4.69) is 10.6 Å². The molecule has 0 saturated heterocycles. The molecule has 0 radical (unpaired) electrons. The van der Waals surface area contributed by atoms with Gasteiger partial charge in [0.25, 0.3) is 0 Å². The molecule has 1 atom stereocenters. The molecule has 0 spiro atoms. The van der Waals surface area contributed by atoms with Gasteiger partial charge in [0.2, 0.25) is 10.0 Å². The molecule has 0 bridgehead atoms. The van der Waals surface area contributed by atoms with Gasteiger partial charge >= 0.3 is 0 Å². The second-order valence-corrected chi connectivity index (χ2v) is 6.46. The van der Waals surface area contributed by atoms with Crippen LogP contribution >= 0.6 is 23.4 Å². The van der Waals surface area contributed by atoms with Crippen LogP contribution in [-0.2, 0) is 10.0 Å². The van der Waals surface area contributed by atoms with Crippen LogP contribution in [0.25, 0.3) is 0 Å². The van der Waals surface area contributed by atoms with Crippen LogP contribution in [0.3, 0.4) is 0 Å². The molecule has 0 fully saturated rings. The molecule has 0 heterocycles. The van der Waals surface area contributed by atoms with E-state index in [9.17, 15) is 8.42 Å². The molecule has 0 aromatic rings. The van der Waals surface area contributed by atoms with E-state index < -0.39 is 10.0 Å². The van der Waals surface area contributed by atoms with Crippen LogP contribution < -0.4 is 4.72 Å². The predicted molar refractivity (Wildman–Crippen MR) is 67.8 cm³/mol. The molecule has 0 aliphatic carbocycles. The van der Waals surface area contributed by atoms with E-state index in [-0.39, 0.29) is 11.7 Å². The van der Waals surface area contributed by atoms with Crippen LogP contribution in [0.2, 0.25) is 0 Å². The Bertz CT molecular complexity index is 298. The number of alkyl halides is 1. The molecule has 0 aromatic heterocycles. The smallest absolute Gasteiger partial charge is 0.211 e. The van der Waals surface area contributed by atoms with Gasteiger partial charge in [0.05, 0.1) is 11.5 Å². The highest BCUT2D eigenvalue weighted by molar-refractivity contribution is 7.99. The van der Waals surface area contributed by atoms with Gasteiger partial charge in [-0.15, -0.1) is 29.8 Å². The first-order valence-corrected chi connectivity index (χ1v) is 7.90. The van der Waals surface area contributed by atoms with Crippen molar-refractivity contribution in [3.05, 3.63) is 0 Å². The molecule has 6 heteroatoms. The Balaban J connectivity index is 3.71. The van der Waals surface area contributed by atoms with Crippen LogP contribution in [0.15, 0.2) is 0 Å². The minimum atomic E-state index is -3.18. The Morgan fingerprint density at radius 2 is 2.27 bits per heavy atom. The molecule has 15 heavy (non-hydrogen) atoms. The fraction of sp³-hybridized carbons (Fsp3) is 0.778. The number of terminal acetylenes is 1. The Labute approximate surface area is 101 Å². The second-order valence-electron chi connectivity index (χ2n) is 3.19. The summed E-state index contributed by atoms with van der Waals surface area (Å²) in [6, 6.07) is 0. The number of sulfonamides is 1. The number of hydrogen-bond acceptors (Lipinski definition) is 3. The molecule has 1 unspecified atom stereocenters. The van der Waals surface area contributed by atoms with Crippen LogP contribution in [0.4, 0.5) is 0 Å². The van der Waals surface area contributed by atoms with Crippen molar-refractivity contribution < 1.29 is 8.42 Å². The lowest BCUT2D eigenvalue weighted by Crippen LogP contribution is -2.31. The van der Waals surface area contributed by atoms with Crippen molar-refractivity contribution in [3.63, 3.8) is 0 Å². The van der Waals surface area contributed by atoms with Gasteiger partial charge in [-0.2, -0.15) is 0 Å². The molecule has 1 N–H and O–H groups in total. The summed E-state index contributed by atoms with van der Waals surface area (Å²) in [5, 5.41) is 0. The molecule has 0 aliphatic rings. The molecule has 0 aromatic carbocycles. The fourth-order valence-electron chi connectivity index (χ4n) is 0.878. The lowest BCUT2D eigenvalue weighted by molar-refractivity contribution is 0.571. The quantitative estimate of drug-likeness (QED) is 0.408. The number of hydrogen-bond donors (Lipinski definition) is 1. The van der Waals surface area contributed by atoms with Crippen LogP contribution in [-0.4, -0.2) is 38.1 Å². The average molecular weight is 270 g/mol. The first-order valence-electron chi connectivity index (χ1n) is 4.56. The zero-order valence-electron chi connectivity index (χ0n) is 8.70. The highest BCUT2D eigenvalue weighted by Crippen LogP contribution is 2.02. The maximum Gasteiger partial charge on any atom is 0.211 e. The van der Waals surface area contributed by atoms with Gasteiger partial charge in [-0.3, -0.25) is 0 Å².